The molecule has 0 aromatic heterocycles. The highest BCUT2D eigenvalue weighted by Crippen LogP contribution is 2.33. The van der Waals surface area contributed by atoms with Gasteiger partial charge < -0.3 is 9.47 Å². The van der Waals surface area contributed by atoms with Gasteiger partial charge in [-0.2, -0.15) is 0 Å². The Balaban J connectivity index is 2.57. The van der Waals surface area contributed by atoms with Gasteiger partial charge in [0.1, 0.15) is 6.54 Å². The van der Waals surface area contributed by atoms with Crippen LogP contribution in [0.5, 0.6) is 11.5 Å². The molecule has 18 heavy (non-hydrogen) atoms. The second-order valence-electron chi connectivity index (χ2n) is 5.67. The molecular formula is C15H22NO2+. The van der Waals surface area contributed by atoms with Crippen molar-refractivity contribution in [2.75, 3.05) is 20.8 Å². The topological polar surface area (TPSA) is 32.4 Å². The zero-order valence-corrected chi connectivity index (χ0v) is 11.9. The Morgan fingerprint density at radius 3 is 2.22 bits per heavy atom. The van der Waals surface area contributed by atoms with Crippen LogP contribution in [-0.4, -0.2) is 26.5 Å². The molecule has 1 N–H and O–H groups in total. The lowest BCUT2D eigenvalue weighted by molar-refractivity contribution is -0.461. The van der Waals surface area contributed by atoms with Crippen molar-refractivity contribution in [3.8, 4) is 11.5 Å². The molecule has 0 unspecified atom stereocenters. The molecule has 1 aromatic rings. The van der Waals surface area contributed by atoms with Gasteiger partial charge in [0, 0.05) is 17.4 Å². The first-order valence-electron chi connectivity index (χ1n) is 6.34. The van der Waals surface area contributed by atoms with Crippen LogP contribution < -0.4 is 14.5 Å². The van der Waals surface area contributed by atoms with Crippen LogP contribution in [0.25, 0.3) is 0 Å². The number of nitrogens with one attached hydrogen (secondary N) is 1. The average Bonchev–Trinajstić information content (AvgIpc) is 2.35. The largest absolute Gasteiger partial charge is 0.493 e. The van der Waals surface area contributed by atoms with Crippen LogP contribution in [0, 0.1) is 5.41 Å². The summed E-state index contributed by atoms with van der Waals surface area (Å²) in [6.45, 7) is 7.65. The standard InChI is InChI=1S/C15H21NO2/c1-15(2,3)14-11-9-13(18-5)12(17-4)8-10(11)6-7-16-14/h8-9H,6-7H2,1-5H3/p+1. The predicted molar refractivity (Wildman–Crippen MR) is 72.6 cm³/mol. The van der Waals surface area contributed by atoms with E-state index in [0.717, 1.165) is 24.5 Å². The molecule has 0 atom stereocenters. The van der Waals surface area contributed by atoms with Crippen molar-refractivity contribution in [2.45, 2.75) is 27.2 Å². The highest BCUT2D eigenvalue weighted by atomic mass is 16.5. The summed E-state index contributed by atoms with van der Waals surface area (Å²) in [4.78, 5) is 3.52. The Morgan fingerprint density at radius 1 is 1.06 bits per heavy atom. The van der Waals surface area contributed by atoms with E-state index in [1.165, 1.54) is 16.8 Å². The summed E-state index contributed by atoms with van der Waals surface area (Å²) >= 11 is 0. The molecule has 1 heterocycles. The molecule has 3 nitrogen and oxygen atoms in total. The third kappa shape index (κ3) is 2.22. The van der Waals surface area contributed by atoms with Crippen molar-refractivity contribution in [3.05, 3.63) is 23.3 Å². The average molecular weight is 248 g/mol. The van der Waals surface area contributed by atoms with Crippen LogP contribution in [0.1, 0.15) is 31.9 Å². The molecule has 2 rings (SSSR count). The van der Waals surface area contributed by atoms with Gasteiger partial charge in [0.05, 0.1) is 14.2 Å². The molecule has 1 aliphatic heterocycles. The minimum Gasteiger partial charge on any atom is -0.493 e. The van der Waals surface area contributed by atoms with E-state index in [9.17, 15) is 0 Å². The Morgan fingerprint density at radius 2 is 1.67 bits per heavy atom. The molecule has 0 saturated carbocycles. The van der Waals surface area contributed by atoms with Crippen LogP contribution in [0.2, 0.25) is 0 Å². The van der Waals surface area contributed by atoms with Gasteiger partial charge in [-0.15, -0.1) is 0 Å². The third-order valence-electron chi connectivity index (χ3n) is 3.32. The smallest absolute Gasteiger partial charge is 0.187 e. The van der Waals surface area contributed by atoms with E-state index < -0.39 is 0 Å². The highest BCUT2D eigenvalue weighted by Gasteiger charge is 2.31. The van der Waals surface area contributed by atoms with Crippen molar-refractivity contribution < 1.29 is 14.5 Å². The fraction of sp³-hybridized carbons (Fsp3) is 0.533. The summed E-state index contributed by atoms with van der Waals surface area (Å²) in [6, 6.07) is 4.18. The summed E-state index contributed by atoms with van der Waals surface area (Å²) < 4.78 is 10.8. The van der Waals surface area contributed by atoms with Crippen molar-refractivity contribution >= 4 is 5.71 Å². The molecule has 0 aliphatic carbocycles. The van der Waals surface area contributed by atoms with Gasteiger partial charge in [-0.3, -0.25) is 0 Å². The minimum atomic E-state index is 0.106. The molecule has 0 bridgehead atoms. The van der Waals surface area contributed by atoms with Crippen molar-refractivity contribution in [1.82, 2.24) is 0 Å². The quantitative estimate of drug-likeness (QED) is 0.852. The summed E-state index contributed by atoms with van der Waals surface area (Å²) in [6.07, 6.45) is 1.02. The van der Waals surface area contributed by atoms with Gasteiger partial charge >= 0.3 is 0 Å². The molecule has 98 valence electrons. The number of hydrogen-bond donors (Lipinski definition) is 1. The number of fused-ring (bicyclic) bond motifs is 1. The second-order valence-corrected chi connectivity index (χ2v) is 5.67. The van der Waals surface area contributed by atoms with E-state index in [4.69, 9.17) is 9.47 Å². The summed E-state index contributed by atoms with van der Waals surface area (Å²) in [5, 5.41) is 0. The number of ether oxygens (including phenoxy) is 2. The number of methoxy groups -OCH3 is 2. The fourth-order valence-electron chi connectivity index (χ4n) is 2.45. The van der Waals surface area contributed by atoms with Crippen molar-refractivity contribution in [2.24, 2.45) is 5.41 Å². The first-order chi connectivity index (χ1) is 8.47. The molecule has 1 aliphatic rings. The lowest BCUT2D eigenvalue weighted by Gasteiger charge is -2.23. The lowest BCUT2D eigenvalue weighted by Crippen LogP contribution is -2.77. The Hall–Kier alpha value is -1.51. The molecule has 0 fully saturated rings. The summed E-state index contributed by atoms with van der Waals surface area (Å²) in [5.41, 5.74) is 3.97. The Bertz CT molecular complexity index is 484. The summed E-state index contributed by atoms with van der Waals surface area (Å²) in [5.74, 6) is 1.60. The van der Waals surface area contributed by atoms with Crippen molar-refractivity contribution in [3.63, 3.8) is 0 Å². The maximum Gasteiger partial charge on any atom is 0.187 e. The zero-order chi connectivity index (χ0) is 13.3. The van der Waals surface area contributed by atoms with E-state index in [2.05, 4.69) is 37.9 Å². The molecular weight excluding hydrogens is 226 g/mol. The minimum absolute atomic E-state index is 0.106. The Kier molecular flexibility index (Phi) is 3.33. The molecule has 0 amide bonds. The van der Waals surface area contributed by atoms with E-state index in [0.29, 0.717) is 0 Å². The maximum atomic E-state index is 5.40. The molecule has 0 radical (unpaired) electrons. The van der Waals surface area contributed by atoms with Crippen LogP contribution in [0.15, 0.2) is 12.1 Å². The first kappa shape index (κ1) is 12.9. The molecule has 3 heteroatoms. The van der Waals surface area contributed by atoms with Gasteiger partial charge in [-0.25, -0.2) is 4.99 Å². The summed E-state index contributed by atoms with van der Waals surface area (Å²) in [7, 11) is 3.36. The van der Waals surface area contributed by atoms with E-state index in [1.807, 2.05) is 0 Å². The van der Waals surface area contributed by atoms with Crippen LogP contribution >= 0.6 is 0 Å². The molecule has 0 saturated heterocycles. The predicted octanol–water partition coefficient (Wildman–Crippen LogP) is 1.18. The van der Waals surface area contributed by atoms with E-state index >= 15 is 0 Å². The first-order valence-corrected chi connectivity index (χ1v) is 6.34. The Labute approximate surface area is 109 Å². The second kappa shape index (κ2) is 4.63. The molecule has 1 aromatic carbocycles. The SMILES string of the molecule is COc1cc2c(cc1OC)C(C(C)(C)C)=[NH+]CC2. The van der Waals surface area contributed by atoms with Crippen LogP contribution in [0.4, 0.5) is 0 Å². The number of benzene rings is 1. The van der Waals surface area contributed by atoms with Gasteiger partial charge in [0.2, 0.25) is 0 Å². The fourth-order valence-corrected chi connectivity index (χ4v) is 2.45. The number of hydrogen-bond acceptors (Lipinski definition) is 2. The maximum absolute atomic E-state index is 5.40. The normalized spacial score (nSPS) is 14.8. The van der Waals surface area contributed by atoms with Gasteiger partial charge in [-0.05, 0) is 17.7 Å². The van der Waals surface area contributed by atoms with E-state index in [-0.39, 0.29) is 5.41 Å². The van der Waals surface area contributed by atoms with E-state index in [1.54, 1.807) is 14.2 Å². The van der Waals surface area contributed by atoms with Gasteiger partial charge in [-0.1, -0.05) is 20.8 Å². The highest BCUT2D eigenvalue weighted by molar-refractivity contribution is 6.02. The number of rotatable bonds is 2. The lowest BCUT2D eigenvalue weighted by atomic mass is 9.81. The van der Waals surface area contributed by atoms with Crippen molar-refractivity contribution in [1.29, 1.82) is 0 Å². The van der Waals surface area contributed by atoms with Crippen LogP contribution in [-0.2, 0) is 6.42 Å². The molecule has 0 spiro atoms. The van der Waals surface area contributed by atoms with Gasteiger partial charge in [0.15, 0.2) is 17.2 Å². The van der Waals surface area contributed by atoms with Crippen LogP contribution in [0.3, 0.4) is 0 Å². The monoisotopic (exact) mass is 248 g/mol. The third-order valence-corrected chi connectivity index (χ3v) is 3.32. The zero-order valence-electron chi connectivity index (χ0n) is 11.9. The van der Waals surface area contributed by atoms with Gasteiger partial charge in [0.25, 0.3) is 0 Å².